The number of hydrogen-bond acceptors (Lipinski definition) is 8. The molecule has 1 aliphatic rings. The molecule has 3 unspecified atom stereocenters. The second-order valence-electron chi connectivity index (χ2n) is 10.9. The van der Waals surface area contributed by atoms with Gasteiger partial charge in [0, 0.05) is 35.1 Å². The van der Waals surface area contributed by atoms with Crippen LogP contribution in [0.2, 0.25) is 0 Å². The van der Waals surface area contributed by atoms with E-state index in [0.29, 0.717) is 17.5 Å². The number of sulfonamides is 1. The molecule has 0 radical (unpaired) electrons. The molecule has 5 rings (SSSR count). The first-order chi connectivity index (χ1) is 19.2. The van der Waals surface area contributed by atoms with Crippen LogP contribution in [-0.4, -0.2) is 39.1 Å². The Hall–Kier alpha value is -4.22. The largest absolute Gasteiger partial charge is 0.465 e. The van der Waals surface area contributed by atoms with E-state index in [2.05, 4.69) is 31.2 Å². The van der Waals surface area contributed by atoms with E-state index in [1.165, 1.54) is 4.57 Å². The van der Waals surface area contributed by atoms with Crippen molar-refractivity contribution in [2.45, 2.75) is 50.6 Å². The van der Waals surface area contributed by atoms with Crippen molar-refractivity contribution < 1.29 is 27.1 Å². The van der Waals surface area contributed by atoms with E-state index in [-0.39, 0.29) is 27.6 Å². The number of hydrogen-bond donors (Lipinski definition) is 3. The van der Waals surface area contributed by atoms with Crippen LogP contribution in [0.1, 0.15) is 51.3 Å². The number of nitrogens with zero attached hydrogens (tertiary/aromatic N) is 3. The van der Waals surface area contributed by atoms with Gasteiger partial charge in [-0.25, -0.2) is 27.4 Å². The first-order valence-electron chi connectivity index (χ1n) is 12.5. The van der Waals surface area contributed by atoms with Gasteiger partial charge in [-0.3, -0.25) is 9.29 Å². The van der Waals surface area contributed by atoms with Gasteiger partial charge in [0.1, 0.15) is 22.6 Å². The van der Waals surface area contributed by atoms with Crippen molar-refractivity contribution in [3.05, 3.63) is 70.2 Å². The quantitative estimate of drug-likeness (QED) is 0.275. The van der Waals surface area contributed by atoms with Crippen molar-refractivity contribution in [1.29, 1.82) is 0 Å². The van der Waals surface area contributed by atoms with E-state index in [9.17, 15) is 23.1 Å². The number of anilines is 1. The maximum absolute atomic E-state index is 15.2. The summed E-state index contributed by atoms with van der Waals surface area (Å²) in [6.07, 6.45) is 0.560. The maximum atomic E-state index is 15.2. The summed E-state index contributed by atoms with van der Waals surface area (Å²) in [7, 11) is -4.38. The second kappa shape index (κ2) is 10.0. The Morgan fingerprint density at radius 1 is 1.32 bits per heavy atom. The summed E-state index contributed by atoms with van der Waals surface area (Å²) < 4.78 is 53.1. The maximum Gasteiger partial charge on any atom is 0.420 e. The van der Waals surface area contributed by atoms with Crippen molar-refractivity contribution in [3.8, 4) is 11.8 Å². The van der Waals surface area contributed by atoms with Crippen LogP contribution in [0, 0.1) is 29.0 Å². The number of oxazole rings is 1. The van der Waals surface area contributed by atoms with Gasteiger partial charge in [0.25, 0.3) is 10.0 Å². The lowest BCUT2D eigenvalue weighted by Crippen LogP contribution is -2.38. The molecular formula is C27H26FN5O6S2. The Balaban J connectivity index is 1.53. The minimum absolute atomic E-state index is 0.0124. The van der Waals surface area contributed by atoms with Crippen LogP contribution in [-0.2, 0) is 10.0 Å². The molecule has 0 aliphatic heterocycles. The molecule has 3 N–H and O–H groups in total. The molecule has 1 amide bonds. The van der Waals surface area contributed by atoms with Gasteiger partial charge in [0.2, 0.25) is 5.13 Å². The van der Waals surface area contributed by atoms with Crippen molar-refractivity contribution in [3.63, 3.8) is 0 Å². The Bertz CT molecular complexity index is 1880. The number of rotatable bonds is 6. The highest BCUT2D eigenvalue weighted by Crippen LogP contribution is 2.53. The third-order valence-corrected chi connectivity index (χ3v) is 9.16. The standard InChI is InChI=1S/C27H26FN5O6S2/c1-15(17-8-6-5-7-16(17)9-10-27(31-24(34)35)13-22(27)26(2,3)4)33-19-11-18(28)21(12-20(19)39-25(33)36)41(37,38)32-23-29-14-30-40-23/h5-8,11-12,14-15,22,31H,13H2,1-4H3,(H,34,35)(H,29,30,32). The molecule has 3 atom stereocenters. The van der Waals surface area contributed by atoms with Gasteiger partial charge >= 0.3 is 11.8 Å². The molecule has 2 heterocycles. The predicted molar refractivity (Wildman–Crippen MR) is 150 cm³/mol. The zero-order chi connectivity index (χ0) is 29.7. The van der Waals surface area contributed by atoms with Crippen LogP contribution >= 0.6 is 11.5 Å². The summed E-state index contributed by atoms with van der Waals surface area (Å²) in [5.41, 5.74) is 0.0203. The summed E-state index contributed by atoms with van der Waals surface area (Å²) in [6.45, 7) is 7.79. The topological polar surface area (TPSA) is 156 Å². The number of nitrogens with one attached hydrogen (secondary N) is 2. The van der Waals surface area contributed by atoms with Crippen molar-refractivity contribution in [2.75, 3.05) is 4.72 Å². The van der Waals surface area contributed by atoms with E-state index in [0.717, 1.165) is 30.0 Å². The molecule has 0 bridgehead atoms. The lowest BCUT2D eigenvalue weighted by molar-refractivity contribution is 0.188. The van der Waals surface area contributed by atoms with Gasteiger partial charge in [-0.05, 0) is 30.4 Å². The molecule has 41 heavy (non-hydrogen) atoms. The Morgan fingerprint density at radius 3 is 2.68 bits per heavy atom. The number of carbonyl (C=O) groups is 1. The van der Waals surface area contributed by atoms with E-state index in [4.69, 9.17) is 4.42 Å². The van der Waals surface area contributed by atoms with Gasteiger partial charge in [-0.15, -0.1) is 0 Å². The highest BCUT2D eigenvalue weighted by Gasteiger charge is 2.59. The van der Waals surface area contributed by atoms with Crippen LogP contribution in [0.25, 0.3) is 11.1 Å². The van der Waals surface area contributed by atoms with Crippen LogP contribution < -0.4 is 15.8 Å². The third-order valence-electron chi connectivity index (χ3n) is 7.09. The highest BCUT2D eigenvalue weighted by atomic mass is 32.2. The van der Waals surface area contributed by atoms with Gasteiger partial charge in [0.15, 0.2) is 5.58 Å². The molecule has 1 saturated carbocycles. The van der Waals surface area contributed by atoms with Crippen LogP contribution in [0.15, 0.2) is 56.8 Å². The third kappa shape index (κ3) is 5.42. The second-order valence-corrected chi connectivity index (χ2v) is 13.3. The smallest absolute Gasteiger partial charge is 0.420 e. The zero-order valence-electron chi connectivity index (χ0n) is 22.4. The summed E-state index contributed by atoms with van der Waals surface area (Å²) in [6, 6.07) is 8.22. The average molecular weight is 600 g/mol. The molecule has 1 aliphatic carbocycles. The normalized spacial score (nSPS) is 19.3. The summed E-state index contributed by atoms with van der Waals surface area (Å²) in [5, 5.41) is 11.9. The van der Waals surface area contributed by atoms with Gasteiger partial charge in [0.05, 0.1) is 11.6 Å². The Kier molecular flexibility index (Phi) is 6.91. The number of halogens is 1. The van der Waals surface area contributed by atoms with E-state index in [1.807, 2.05) is 20.8 Å². The first-order valence-corrected chi connectivity index (χ1v) is 14.7. The molecule has 4 aromatic rings. The minimum atomic E-state index is -4.38. The fraction of sp³-hybridized carbons (Fsp3) is 0.333. The van der Waals surface area contributed by atoms with Crippen LogP contribution in [0.4, 0.5) is 14.3 Å². The molecular weight excluding hydrogens is 573 g/mol. The number of benzene rings is 2. The minimum Gasteiger partial charge on any atom is -0.465 e. The lowest BCUT2D eigenvalue weighted by atomic mass is 9.87. The Labute approximate surface area is 238 Å². The zero-order valence-corrected chi connectivity index (χ0v) is 24.1. The van der Waals surface area contributed by atoms with E-state index >= 15 is 4.39 Å². The summed E-state index contributed by atoms with van der Waals surface area (Å²) >= 11 is 0.781. The molecule has 0 spiro atoms. The predicted octanol–water partition coefficient (Wildman–Crippen LogP) is 4.42. The van der Waals surface area contributed by atoms with Gasteiger partial charge < -0.3 is 14.8 Å². The molecule has 2 aromatic heterocycles. The van der Waals surface area contributed by atoms with E-state index < -0.39 is 44.2 Å². The number of aromatic nitrogens is 3. The van der Waals surface area contributed by atoms with Crippen molar-refractivity contribution >= 4 is 43.9 Å². The molecule has 14 heteroatoms. The fourth-order valence-electron chi connectivity index (χ4n) is 5.10. The van der Waals surface area contributed by atoms with Crippen LogP contribution in [0.3, 0.4) is 0 Å². The average Bonchev–Trinajstić information content (AvgIpc) is 3.20. The van der Waals surface area contributed by atoms with Crippen LogP contribution in [0.5, 0.6) is 0 Å². The fourth-order valence-corrected chi connectivity index (χ4v) is 6.83. The SMILES string of the molecule is CC(c1ccccc1C#CC1(NC(=O)O)CC1C(C)(C)C)n1c(=O)oc2cc(S(=O)(=O)Nc3ncns3)c(F)cc21. The highest BCUT2D eigenvalue weighted by molar-refractivity contribution is 7.93. The van der Waals surface area contributed by atoms with Gasteiger partial charge in [-0.1, -0.05) is 50.8 Å². The monoisotopic (exact) mass is 599 g/mol. The number of carboxylic acid groups (broad SMARTS) is 1. The molecule has 1 fully saturated rings. The van der Waals surface area contributed by atoms with E-state index in [1.54, 1.807) is 31.2 Å². The van der Waals surface area contributed by atoms with Crippen molar-refractivity contribution in [1.82, 2.24) is 19.2 Å². The molecule has 2 aromatic carbocycles. The molecule has 214 valence electrons. The first kappa shape index (κ1) is 28.3. The lowest BCUT2D eigenvalue weighted by Gasteiger charge is -2.21. The van der Waals surface area contributed by atoms with Crippen molar-refractivity contribution in [2.24, 2.45) is 11.3 Å². The van der Waals surface area contributed by atoms with Gasteiger partial charge in [-0.2, -0.15) is 4.37 Å². The summed E-state index contributed by atoms with van der Waals surface area (Å²) in [5.74, 6) is 4.33. The Morgan fingerprint density at radius 2 is 2.05 bits per heavy atom. The number of fused-ring (bicyclic) bond motifs is 1. The molecule has 0 saturated heterocycles. The number of amides is 1. The molecule has 11 nitrogen and oxygen atoms in total. The summed E-state index contributed by atoms with van der Waals surface area (Å²) in [4.78, 5) is 27.5.